The highest BCUT2D eigenvalue weighted by Gasteiger charge is 2.10. The molecule has 3 N–H and O–H groups in total. The molecule has 0 radical (unpaired) electrons. The van der Waals surface area contributed by atoms with Crippen LogP contribution in [0.4, 0.5) is 11.5 Å². The Morgan fingerprint density at radius 3 is 2.79 bits per heavy atom. The zero-order valence-corrected chi connectivity index (χ0v) is 10.8. The van der Waals surface area contributed by atoms with Crippen molar-refractivity contribution in [3.63, 3.8) is 0 Å². The third-order valence-corrected chi connectivity index (χ3v) is 3.81. The van der Waals surface area contributed by atoms with Crippen molar-refractivity contribution < 1.29 is 4.79 Å². The van der Waals surface area contributed by atoms with Crippen molar-refractivity contribution in [2.24, 2.45) is 0 Å². The fraction of sp³-hybridized carbons (Fsp3) is 0. The molecule has 0 aliphatic carbocycles. The number of pyridine rings is 1. The smallest absolute Gasteiger partial charge is 0.265 e. The summed E-state index contributed by atoms with van der Waals surface area (Å²) in [5.41, 5.74) is 6.13. The molecule has 0 aliphatic rings. The quantitative estimate of drug-likeness (QED) is 0.751. The highest BCUT2D eigenvalue weighted by molar-refractivity contribution is 7.20. The van der Waals surface area contributed by atoms with E-state index in [0.29, 0.717) is 16.4 Å². The number of thiophene rings is 1. The average molecular weight is 269 g/mol. The number of aromatic nitrogens is 1. The highest BCUT2D eigenvalue weighted by Crippen LogP contribution is 2.25. The number of anilines is 2. The molecule has 3 aromatic rings. The number of fused-ring (bicyclic) bond motifs is 1. The molecule has 3 rings (SSSR count). The van der Waals surface area contributed by atoms with Crippen LogP contribution in [0, 0.1) is 0 Å². The Labute approximate surface area is 113 Å². The Balaban J connectivity index is 1.85. The van der Waals surface area contributed by atoms with E-state index in [-0.39, 0.29) is 5.91 Å². The molecule has 19 heavy (non-hydrogen) atoms. The van der Waals surface area contributed by atoms with E-state index in [0.717, 1.165) is 10.1 Å². The van der Waals surface area contributed by atoms with Crippen molar-refractivity contribution in [2.45, 2.75) is 0 Å². The predicted octanol–water partition coefficient (Wildman–Crippen LogP) is 3.13. The maximum absolute atomic E-state index is 12.1. The highest BCUT2D eigenvalue weighted by atomic mass is 32.1. The van der Waals surface area contributed by atoms with Crippen LogP contribution in [0.1, 0.15) is 9.67 Å². The number of nitrogens with two attached hydrogens (primary N) is 1. The summed E-state index contributed by atoms with van der Waals surface area (Å²) in [6.45, 7) is 0. The maximum atomic E-state index is 12.1. The number of rotatable bonds is 2. The van der Waals surface area contributed by atoms with E-state index in [1.807, 2.05) is 30.3 Å². The van der Waals surface area contributed by atoms with Crippen molar-refractivity contribution >= 4 is 38.8 Å². The molecule has 5 heteroatoms. The van der Waals surface area contributed by atoms with Crippen molar-refractivity contribution in [3.05, 3.63) is 53.5 Å². The number of hydrogen-bond donors (Lipinski definition) is 2. The van der Waals surface area contributed by atoms with Crippen LogP contribution in [0.2, 0.25) is 0 Å². The van der Waals surface area contributed by atoms with Gasteiger partial charge in [0.05, 0.1) is 16.8 Å². The number of carbonyl (C=O) groups excluding carboxylic acids is 1. The minimum absolute atomic E-state index is 0.132. The van der Waals surface area contributed by atoms with Gasteiger partial charge in [-0.2, -0.15) is 0 Å². The summed E-state index contributed by atoms with van der Waals surface area (Å²) in [6, 6.07) is 13.2. The van der Waals surface area contributed by atoms with Gasteiger partial charge in [-0.05, 0) is 29.7 Å². The fourth-order valence-corrected chi connectivity index (χ4v) is 2.72. The number of nitrogens with zero attached hydrogens (tertiary/aromatic N) is 1. The SMILES string of the molecule is Nc1ccc(NC(=O)c2cc3ccccc3s2)cn1. The van der Waals surface area contributed by atoms with Crippen LogP contribution in [0.15, 0.2) is 48.7 Å². The van der Waals surface area contributed by atoms with Crippen molar-refractivity contribution in [3.8, 4) is 0 Å². The molecule has 0 spiro atoms. The normalized spacial score (nSPS) is 10.5. The van der Waals surface area contributed by atoms with Gasteiger partial charge in [0.15, 0.2) is 0 Å². The molecule has 0 saturated heterocycles. The second-order valence-electron chi connectivity index (χ2n) is 4.07. The van der Waals surface area contributed by atoms with E-state index in [1.165, 1.54) is 11.3 Å². The molecule has 0 fully saturated rings. The van der Waals surface area contributed by atoms with Crippen molar-refractivity contribution in [1.82, 2.24) is 4.98 Å². The molecule has 0 saturated carbocycles. The topological polar surface area (TPSA) is 68.0 Å². The minimum Gasteiger partial charge on any atom is -0.384 e. The van der Waals surface area contributed by atoms with Crippen LogP contribution in [-0.2, 0) is 0 Å². The van der Waals surface area contributed by atoms with E-state index in [9.17, 15) is 4.79 Å². The van der Waals surface area contributed by atoms with Crippen LogP contribution in [0.25, 0.3) is 10.1 Å². The number of nitrogen functional groups attached to an aromatic ring is 1. The predicted molar refractivity (Wildman–Crippen MR) is 78.4 cm³/mol. The van der Waals surface area contributed by atoms with Gasteiger partial charge in [0.2, 0.25) is 0 Å². The Morgan fingerprint density at radius 2 is 2.05 bits per heavy atom. The van der Waals surface area contributed by atoms with E-state index in [4.69, 9.17) is 5.73 Å². The Kier molecular flexibility index (Phi) is 2.89. The summed E-state index contributed by atoms with van der Waals surface area (Å²) in [4.78, 5) is 16.7. The molecule has 94 valence electrons. The summed E-state index contributed by atoms with van der Waals surface area (Å²) in [7, 11) is 0. The molecule has 4 nitrogen and oxygen atoms in total. The third-order valence-electron chi connectivity index (χ3n) is 2.69. The molecule has 0 unspecified atom stereocenters. The minimum atomic E-state index is -0.132. The van der Waals surface area contributed by atoms with Crippen molar-refractivity contribution in [1.29, 1.82) is 0 Å². The lowest BCUT2D eigenvalue weighted by molar-refractivity contribution is 0.103. The summed E-state index contributed by atoms with van der Waals surface area (Å²) in [6.07, 6.45) is 1.54. The molecule has 1 aromatic carbocycles. The monoisotopic (exact) mass is 269 g/mol. The zero-order valence-electron chi connectivity index (χ0n) is 9.96. The summed E-state index contributed by atoms with van der Waals surface area (Å²) in [5.74, 6) is 0.299. The number of amides is 1. The number of carbonyl (C=O) groups is 1. The lowest BCUT2D eigenvalue weighted by atomic mass is 10.2. The van der Waals surface area contributed by atoms with E-state index in [1.54, 1.807) is 18.3 Å². The van der Waals surface area contributed by atoms with Gasteiger partial charge in [0, 0.05) is 4.70 Å². The van der Waals surface area contributed by atoms with Gasteiger partial charge in [0.25, 0.3) is 5.91 Å². The second-order valence-corrected chi connectivity index (χ2v) is 5.16. The van der Waals surface area contributed by atoms with Gasteiger partial charge in [-0.15, -0.1) is 11.3 Å². The second kappa shape index (κ2) is 4.70. The number of nitrogens with one attached hydrogen (secondary N) is 1. The van der Waals surface area contributed by atoms with E-state index >= 15 is 0 Å². The average Bonchev–Trinajstić information content (AvgIpc) is 2.85. The Hall–Kier alpha value is -2.40. The first-order chi connectivity index (χ1) is 9.22. The molecular weight excluding hydrogens is 258 g/mol. The van der Waals surface area contributed by atoms with Crippen LogP contribution in [0.3, 0.4) is 0 Å². The van der Waals surface area contributed by atoms with Gasteiger partial charge < -0.3 is 11.1 Å². The first-order valence-corrected chi connectivity index (χ1v) is 6.55. The molecular formula is C14H11N3OS. The van der Waals surface area contributed by atoms with Gasteiger partial charge in [-0.25, -0.2) is 4.98 Å². The van der Waals surface area contributed by atoms with Crippen LogP contribution < -0.4 is 11.1 Å². The largest absolute Gasteiger partial charge is 0.384 e. The molecule has 0 aliphatic heterocycles. The van der Waals surface area contributed by atoms with Gasteiger partial charge in [-0.3, -0.25) is 4.79 Å². The summed E-state index contributed by atoms with van der Waals surface area (Å²) >= 11 is 1.47. The number of hydrogen-bond acceptors (Lipinski definition) is 4. The van der Waals surface area contributed by atoms with Gasteiger partial charge in [-0.1, -0.05) is 18.2 Å². The van der Waals surface area contributed by atoms with E-state index < -0.39 is 0 Å². The van der Waals surface area contributed by atoms with Crippen molar-refractivity contribution in [2.75, 3.05) is 11.1 Å². The van der Waals surface area contributed by atoms with Crippen LogP contribution in [-0.4, -0.2) is 10.9 Å². The maximum Gasteiger partial charge on any atom is 0.265 e. The summed E-state index contributed by atoms with van der Waals surface area (Å²) in [5, 5.41) is 3.88. The lowest BCUT2D eigenvalue weighted by Crippen LogP contribution is -2.10. The Bertz CT molecular complexity index is 701. The van der Waals surface area contributed by atoms with Gasteiger partial charge in [0.1, 0.15) is 5.82 Å². The molecule has 0 atom stereocenters. The summed E-state index contributed by atoms with van der Waals surface area (Å²) < 4.78 is 1.10. The molecule has 2 aromatic heterocycles. The first kappa shape index (κ1) is 11.7. The fourth-order valence-electron chi connectivity index (χ4n) is 1.77. The van der Waals surface area contributed by atoms with Crippen LogP contribution >= 0.6 is 11.3 Å². The van der Waals surface area contributed by atoms with Crippen LogP contribution in [0.5, 0.6) is 0 Å². The lowest BCUT2D eigenvalue weighted by Gasteiger charge is -2.02. The first-order valence-electron chi connectivity index (χ1n) is 5.74. The number of benzene rings is 1. The zero-order chi connectivity index (χ0) is 13.2. The molecule has 0 bridgehead atoms. The Morgan fingerprint density at radius 1 is 1.21 bits per heavy atom. The third kappa shape index (κ3) is 2.41. The molecule has 2 heterocycles. The van der Waals surface area contributed by atoms with Gasteiger partial charge >= 0.3 is 0 Å². The van der Waals surface area contributed by atoms with E-state index in [2.05, 4.69) is 10.3 Å². The molecule has 1 amide bonds. The standard InChI is InChI=1S/C14H11N3OS/c15-13-6-5-10(8-16-13)17-14(18)12-7-9-3-1-2-4-11(9)19-12/h1-8H,(H2,15,16)(H,17,18).